The van der Waals surface area contributed by atoms with Crippen molar-refractivity contribution in [2.75, 3.05) is 31.2 Å². The van der Waals surface area contributed by atoms with Crippen LogP contribution in [0.5, 0.6) is 0 Å². The number of rotatable bonds is 6. The first-order chi connectivity index (χ1) is 10.4. The van der Waals surface area contributed by atoms with Gasteiger partial charge >= 0.3 is 6.18 Å². The molecule has 122 valence electrons. The van der Waals surface area contributed by atoms with E-state index in [4.69, 9.17) is 0 Å². The smallest absolute Gasteiger partial charge is 0.369 e. The Morgan fingerprint density at radius 2 is 2.23 bits per heavy atom. The summed E-state index contributed by atoms with van der Waals surface area (Å²) < 4.78 is 38.7. The average Bonchev–Trinajstić information content (AvgIpc) is 2.87. The summed E-state index contributed by atoms with van der Waals surface area (Å²) in [6.45, 7) is 1.60. The van der Waals surface area contributed by atoms with Gasteiger partial charge in [-0.05, 0) is 19.1 Å². The molecule has 0 spiro atoms. The first-order valence-electron chi connectivity index (χ1n) is 6.91. The maximum Gasteiger partial charge on any atom is 0.421 e. The molecule has 1 fully saturated rings. The lowest BCUT2D eigenvalue weighted by Crippen LogP contribution is -2.27. The van der Waals surface area contributed by atoms with Gasteiger partial charge in [0.1, 0.15) is 11.4 Å². The lowest BCUT2D eigenvalue weighted by Gasteiger charge is -2.17. The van der Waals surface area contributed by atoms with Gasteiger partial charge in [0, 0.05) is 32.3 Å². The van der Waals surface area contributed by atoms with Crippen molar-refractivity contribution < 1.29 is 18.0 Å². The predicted octanol–water partition coefficient (Wildman–Crippen LogP) is 2.64. The van der Waals surface area contributed by atoms with Crippen molar-refractivity contribution in [2.24, 2.45) is 0 Å². The van der Waals surface area contributed by atoms with Crippen LogP contribution in [0.4, 0.5) is 19.0 Å². The molecule has 2 rings (SSSR count). The van der Waals surface area contributed by atoms with Gasteiger partial charge < -0.3 is 10.2 Å². The van der Waals surface area contributed by atoms with Crippen LogP contribution in [0.3, 0.4) is 0 Å². The Labute approximate surface area is 130 Å². The van der Waals surface area contributed by atoms with Gasteiger partial charge in [-0.3, -0.25) is 4.79 Å². The van der Waals surface area contributed by atoms with E-state index in [1.807, 2.05) is 0 Å². The Bertz CT molecular complexity index is 539. The highest BCUT2D eigenvalue weighted by Gasteiger charge is 2.35. The van der Waals surface area contributed by atoms with Gasteiger partial charge in [0.25, 0.3) is 0 Å². The predicted molar refractivity (Wildman–Crippen MR) is 77.7 cm³/mol. The minimum absolute atomic E-state index is 0.114. The second-order valence-corrected chi connectivity index (χ2v) is 5.65. The number of anilines is 1. The van der Waals surface area contributed by atoms with E-state index in [1.165, 1.54) is 11.8 Å². The van der Waals surface area contributed by atoms with Gasteiger partial charge in [-0.2, -0.15) is 13.2 Å². The molecule has 2 heterocycles. The minimum Gasteiger partial charge on any atom is -0.369 e. The summed E-state index contributed by atoms with van der Waals surface area (Å²) in [6, 6.07) is 0. The normalized spacial score (nSPS) is 15.5. The Hall–Kier alpha value is -1.51. The molecule has 22 heavy (non-hydrogen) atoms. The molecular weight excluding hydrogens is 317 g/mol. The number of hydrogen-bond donors (Lipinski definition) is 1. The first kappa shape index (κ1) is 16.9. The third-order valence-electron chi connectivity index (χ3n) is 3.32. The topological polar surface area (TPSA) is 58.1 Å². The molecule has 1 aromatic rings. The standard InChI is InChI=1S/C13H17F3N4OS/c1-22-12-18-8-9(13(14,15)16)11(19-12)17-5-3-7-20-6-2-4-10(20)21/h8H,2-7H2,1H3,(H,17,18,19). The fourth-order valence-corrected chi connectivity index (χ4v) is 2.56. The van der Waals surface area contributed by atoms with Crippen molar-refractivity contribution in [3.63, 3.8) is 0 Å². The van der Waals surface area contributed by atoms with Crippen LogP contribution in [0.1, 0.15) is 24.8 Å². The Morgan fingerprint density at radius 1 is 1.45 bits per heavy atom. The third-order valence-corrected chi connectivity index (χ3v) is 3.89. The minimum atomic E-state index is -4.50. The molecule has 0 aromatic carbocycles. The molecular formula is C13H17F3N4OS. The van der Waals surface area contributed by atoms with Crippen LogP contribution in [0.15, 0.2) is 11.4 Å². The highest BCUT2D eigenvalue weighted by atomic mass is 32.2. The van der Waals surface area contributed by atoms with E-state index >= 15 is 0 Å². The molecule has 1 saturated heterocycles. The largest absolute Gasteiger partial charge is 0.421 e. The molecule has 9 heteroatoms. The molecule has 1 aliphatic heterocycles. The quantitative estimate of drug-likeness (QED) is 0.492. The molecule has 0 aliphatic carbocycles. The number of likely N-dealkylation sites (tertiary alicyclic amines) is 1. The van der Waals surface area contributed by atoms with Crippen LogP contribution >= 0.6 is 11.8 Å². The molecule has 0 unspecified atom stereocenters. The number of nitrogens with zero attached hydrogens (tertiary/aromatic N) is 3. The van der Waals surface area contributed by atoms with Gasteiger partial charge in [0.05, 0.1) is 0 Å². The second-order valence-electron chi connectivity index (χ2n) is 4.88. The number of amides is 1. The molecule has 1 N–H and O–H groups in total. The van der Waals surface area contributed by atoms with Crippen molar-refractivity contribution in [3.8, 4) is 0 Å². The number of nitrogens with one attached hydrogen (secondary N) is 1. The highest BCUT2D eigenvalue weighted by Crippen LogP contribution is 2.34. The van der Waals surface area contributed by atoms with E-state index in [0.29, 0.717) is 25.9 Å². The van der Waals surface area contributed by atoms with Gasteiger partial charge in [-0.1, -0.05) is 11.8 Å². The number of thioether (sulfide) groups is 1. The van der Waals surface area contributed by atoms with E-state index in [9.17, 15) is 18.0 Å². The zero-order valence-corrected chi connectivity index (χ0v) is 12.9. The summed E-state index contributed by atoms with van der Waals surface area (Å²) in [4.78, 5) is 20.7. The van der Waals surface area contributed by atoms with Gasteiger partial charge in [-0.25, -0.2) is 9.97 Å². The summed E-state index contributed by atoms with van der Waals surface area (Å²) in [5.41, 5.74) is -0.873. The van der Waals surface area contributed by atoms with E-state index in [2.05, 4.69) is 15.3 Å². The number of halogens is 3. The van der Waals surface area contributed by atoms with Crippen molar-refractivity contribution >= 4 is 23.5 Å². The lowest BCUT2D eigenvalue weighted by molar-refractivity contribution is -0.137. The Morgan fingerprint density at radius 3 is 2.82 bits per heavy atom. The summed E-state index contributed by atoms with van der Waals surface area (Å²) in [7, 11) is 0. The van der Waals surface area contributed by atoms with E-state index in [0.717, 1.165) is 19.2 Å². The third kappa shape index (κ3) is 4.25. The number of carbonyl (C=O) groups is 1. The molecule has 0 radical (unpaired) electrons. The fourth-order valence-electron chi connectivity index (χ4n) is 2.22. The van der Waals surface area contributed by atoms with Crippen molar-refractivity contribution in [2.45, 2.75) is 30.6 Å². The zero-order chi connectivity index (χ0) is 16.2. The van der Waals surface area contributed by atoms with Crippen molar-refractivity contribution in [1.29, 1.82) is 0 Å². The van der Waals surface area contributed by atoms with Gasteiger partial charge in [0.2, 0.25) is 5.91 Å². The van der Waals surface area contributed by atoms with Crippen LogP contribution in [-0.4, -0.2) is 46.7 Å². The molecule has 1 amide bonds. The molecule has 0 bridgehead atoms. The Kier molecular flexibility index (Phi) is 5.49. The number of aromatic nitrogens is 2. The fraction of sp³-hybridized carbons (Fsp3) is 0.615. The zero-order valence-electron chi connectivity index (χ0n) is 12.1. The van der Waals surface area contributed by atoms with Crippen LogP contribution in [0.25, 0.3) is 0 Å². The van der Waals surface area contributed by atoms with Gasteiger partial charge in [0.15, 0.2) is 5.16 Å². The van der Waals surface area contributed by atoms with Crippen LogP contribution < -0.4 is 5.32 Å². The first-order valence-corrected chi connectivity index (χ1v) is 8.14. The average molecular weight is 334 g/mol. The highest BCUT2D eigenvalue weighted by molar-refractivity contribution is 7.98. The lowest BCUT2D eigenvalue weighted by atomic mass is 10.3. The van der Waals surface area contributed by atoms with E-state index in [1.54, 1.807) is 11.2 Å². The summed E-state index contributed by atoms with van der Waals surface area (Å²) >= 11 is 1.18. The molecule has 1 aliphatic rings. The second kappa shape index (κ2) is 7.17. The monoisotopic (exact) mass is 334 g/mol. The molecule has 5 nitrogen and oxygen atoms in total. The molecule has 0 saturated carbocycles. The van der Waals surface area contributed by atoms with E-state index in [-0.39, 0.29) is 16.9 Å². The maximum atomic E-state index is 12.9. The van der Waals surface area contributed by atoms with Gasteiger partial charge in [-0.15, -0.1) is 0 Å². The Balaban J connectivity index is 1.94. The molecule has 0 atom stereocenters. The maximum absolute atomic E-state index is 12.9. The SMILES string of the molecule is CSc1ncc(C(F)(F)F)c(NCCCN2CCCC2=O)n1. The summed E-state index contributed by atoms with van der Waals surface area (Å²) in [5.74, 6) is -0.0951. The number of carbonyl (C=O) groups excluding carboxylic acids is 1. The number of hydrogen-bond acceptors (Lipinski definition) is 5. The summed E-state index contributed by atoms with van der Waals surface area (Å²) in [6.07, 6.45) is -0.00945. The summed E-state index contributed by atoms with van der Waals surface area (Å²) in [5, 5.41) is 2.99. The van der Waals surface area contributed by atoms with Crippen molar-refractivity contribution in [3.05, 3.63) is 11.8 Å². The van der Waals surface area contributed by atoms with Crippen molar-refractivity contribution in [1.82, 2.24) is 14.9 Å². The van der Waals surface area contributed by atoms with Crippen LogP contribution in [-0.2, 0) is 11.0 Å². The van der Waals surface area contributed by atoms with Crippen LogP contribution in [0.2, 0.25) is 0 Å². The molecule has 1 aromatic heterocycles. The number of alkyl halides is 3. The van der Waals surface area contributed by atoms with Crippen LogP contribution in [0, 0.1) is 0 Å². The van der Waals surface area contributed by atoms with E-state index < -0.39 is 11.7 Å².